The molecule has 1 aliphatic rings. The number of hydrogen-bond acceptors (Lipinski definition) is 4. The fraction of sp³-hybridized carbons (Fsp3) is 0.276. The van der Waals surface area contributed by atoms with E-state index in [-0.39, 0.29) is 5.91 Å². The third-order valence-electron chi connectivity index (χ3n) is 6.28. The minimum Gasteiger partial charge on any atom is -0.473 e. The summed E-state index contributed by atoms with van der Waals surface area (Å²) in [5.74, 6) is -3.56. The molecular weight excluding hydrogens is 492 g/mol. The average Bonchev–Trinajstić information content (AvgIpc) is 2.92. The first kappa shape index (κ1) is 27.9. The second kappa shape index (κ2) is 14.2. The number of carboxylic acid groups (broad SMARTS) is 2. The van der Waals surface area contributed by atoms with Crippen LogP contribution in [0, 0.1) is 0 Å². The van der Waals surface area contributed by atoms with Gasteiger partial charge in [0.05, 0.1) is 0 Å². The number of amides is 1. The van der Waals surface area contributed by atoms with Gasteiger partial charge in [-0.2, -0.15) is 0 Å². The molecule has 0 radical (unpaired) electrons. The maximum atomic E-state index is 12.9. The van der Waals surface area contributed by atoms with Crippen molar-refractivity contribution in [3.63, 3.8) is 0 Å². The molecule has 0 aromatic heterocycles. The molecule has 194 valence electrons. The van der Waals surface area contributed by atoms with E-state index in [0.29, 0.717) is 16.6 Å². The lowest BCUT2D eigenvalue weighted by Gasteiger charge is -2.39. The molecule has 37 heavy (non-hydrogen) atoms. The molecule has 0 saturated carbocycles. The van der Waals surface area contributed by atoms with Crippen LogP contribution in [0.25, 0.3) is 0 Å². The summed E-state index contributed by atoms with van der Waals surface area (Å²) in [5.41, 5.74) is 3.39. The number of carboxylic acids is 2. The van der Waals surface area contributed by atoms with Gasteiger partial charge in [-0.1, -0.05) is 78.3 Å². The van der Waals surface area contributed by atoms with E-state index in [9.17, 15) is 4.79 Å². The standard InChI is InChI=1S/C27H29ClN2O.C2H2O4/c28-25-13-7-12-24(20-25)27(31)29-18-15-26(16-19-29)30(21-23-10-5-2-6-11-23)17-14-22-8-3-1-4-9-22;3-1(4)2(5)6/h1-13,20,26H,14-19,21H2;(H,3,4)(H,5,6). The van der Waals surface area contributed by atoms with Gasteiger partial charge >= 0.3 is 11.9 Å². The number of benzene rings is 3. The highest BCUT2D eigenvalue weighted by atomic mass is 35.5. The van der Waals surface area contributed by atoms with Gasteiger partial charge in [0, 0.05) is 42.8 Å². The molecule has 4 rings (SSSR count). The zero-order chi connectivity index (χ0) is 26.6. The predicted molar refractivity (Wildman–Crippen MR) is 143 cm³/mol. The number of likely N-dealkylation sites (tertiary alicyclic amines) is 1. The molecule has 0 bridgehead atoms. The Bertz CT molecular complexity index is 1150. The van der Waals surface area contributed by atoms with Gasteiger partial charge in [0.1, 0.15) is 0 Å². The number of carbonyl (C=O) groups excluding carboxylic acids is 1. The first-order valence-corrected chi connectivity index (χ1v) is 12.5. The van der Waals surface area contributed by atoms with Gasteiger partial charge in [-0.25, -0.2) is 9.59 Å². The SMILES string of the molecule is O=C(O)C(=O)O.O=C(c1cccc(Cl)c1)N1CCC(N(CCc2ccccc2)Cc2ccccc2)CC1. The molecule has 1 heterocycles. The second-order valence-corrected chi connectivity index (χ2v) is 9.27. The minimum absolute atomic E-state index is 0.0832. The first-order valence-electron chi connectivity index (χ1n) is 12.2. The highest BCUT2D eigenvalue weighted by Gasteiger charge is 2.27. The van der Waals surface area contributed by atoms with Gasteiger partial charge < -0.3 is 15.1 Å². The Hall–Kier alpha value is -3.68. The van der Waals surface area contributed by atoms with Crippen LogP contribution in [-0.4, -0.2) is 63.5 Å². The van der Waals surface area contributed by atoms with E-state index >= 15 is 0 Å². The number of aliphatic carboxylic acids is 2. The summed E-state index contributed by atoms with van der Waals surface area (Å²) < 4.78 is 0. The van der Waals surface area contributed by atoms with Crippen LogP contribution >= 0.6 is 11.6 Å². The Labute approximate surface area is 221 Å². The number of piperidine rings is 1. The summed E-state index contributed by atoms with van der Waals surface area (Å²) in [6, 6.07) is 29.1. The summed E-state index contributed by atoms with van der Waals surface area (Å²) in [6.45, 7) is 3.53. The smallest absolute Gasteiger partial charge is 0.414 e. The Kier molecular flexibility index (Phi) is 10.7. The van der Waals surface area contributed by atoms with Crippen molar-refractivity contribution in [2.24, 2.45) is 0 Å². The van der Waals surface area contributed by atoms with Gasteiger partial charge in [-0.15, -0.1) is 0 Å². The normalized spacial score (nSPS) is 13.5. The molecule has 1 fully saturated rings. The summed E-state index contributed by atoms with van der Waals surface area (Å²) in [5, 5.41) is 15.4. The zero-order valence-electron chi connectivity index (χ0n) is 20.5. The molecule has 0 unspecified atom stereocenters. The van der Waals surface area contributed by atoms with E-state index in [1.165, 1.54) is 11.1 Å². The maximum Gasteiger partial charge on any atom is 0.414 e. The lowest BCUT2D eigenvalue weighted by Crippen LogP contribution is -2.47. The highest BCUT2D eigenvalue weighted by molar-refractivity contribution is 6.31. The fourth-order valence-electron chi connectivity index (χ4n) is 4.36. The molecule has 0 aliphatic carbocycles. The number of halogens is 1. The third kappa shape index (κ3) is 9.04. The molecule has 0 spiro atoms. The lowest BCUT2D eigenvalue weighted by molar-refractivity contribution is -0.159. The lowest BCUT2D eigenvalue weighted by atomic mass is 10.00. The van der Waals surface area contributed by atoms with E-state index < -0.39 is 11.9 Å². The molecule has 3 aromatic carbocycles. The van der Waals surface area contributed by atoms with Gasteiger partial charge in [-0.3, -0.25) is 9.69 Å². The topological polar surface area (TPSA) is 98.1 Å². The summed E-state index contributed by atoms with van der Waals surface area (Å²) in [4.78, 5) is 35.7. The first-order chi connectivity index (χ1) is 17.8. The molecule has 1 aliphatic heterocycles. The largest absolute Gasteiger partial charge is 0.473 e. The summed E-state index contributed by atoms with van der Waals surface area (Å²) in [6.07, 6.45) is 3.02. The van der Waals surface area contributed by atoms with Gasteiger partial charge in [0.15, 0.2) is 0 Å². The van der Waals surface area contributed by atoms with E-state index in [1.807, 2.05) is 17.0 Å². The number of rotatable bonds is 7. The Morgan fingerprint density at radius 1 is 0.811 bits per heavy atom. The van der Waals surface area contributed by atoms with Crippen molar-refractivity contribution in [3.05, 3.63) is 107 Å². The summed E-state index contributed by atoms with van der Waals surface area (Å²) >= 11 is 6.08. The van der Waals surface area contributed by atoms with Crippen LogP contribution in [0.15, 0.2) is 84.9 Å². The third-order valence-corrected chi connectivity index (χ3v) is 6.52. The van der Waals surface area contributed by atoms with Crippen LogP contribution in [0.5, 0.6) is 0 Å². The van der Waals surface area contributed by atoms with Crippen molar-refractivity contribution in [2.45, 2.75) is 31.8 Å². The highest BCUT2D eigenvalue weighted by Crippen LogP contribution is 2.22. The van der Waals surface area contributed by atoms with Crippen LogP contribution in [0.1, 0.15) is 34.3 Å². The van der Waals surface area contributed by atoms with Crippen molar-refractivity contribution < 1.29 is 24.6 Å². The monoisotopic (exact) mass is 522 g/mol. The van der Waals surface area contributed by atoms with Crippen LogP contribution in [-0.2, 0) is 22.6 Å². The van der Waals surface area contributed by atoms with E-state index in [1.54, 1.807) is 12.1 Å². The average molecular weight is 523 g/mol. The van der Waals surface area contributed by atoms with E-state index in [0.717, 1.165) is 45.4 Å². The minimum atomic E-state index is -1.82. The molecule has 1 amide bonds. The second-order valence-electron chi connectivity index (χ2n) is 8.84. The Morgan fingerprint density at radius 2 is 1.38 bits per heavy atom. The molecule has 0 atom stereocenters. The van der Waals surface area contributed by atoms with Crippen LogP contribution in [0.3, 0.4) is 0 Å². The van der Waals surface area contributed by atoms with E-state index in [2.05, 4.69) is 65.6 Å². The number of nitrogens with zero attached hydrogens (tertiary/aromatic N) is 2. The molecular formula is C29H31ClN2O5. The van der Waals surface area contributed by atoms with Crippen LogP contribution in [0.4, 0.5) is 0 Å². The van der Waals surface area contributed by atoms with E-state index in [4.69, 9.17) is 31.4 Å². The van der Waals surface area contributed by atoms with Crippen molar-refractivity contribution >= 4 is 29.4 Å². The van der Waals surface area contributed by atoms with Crippen LogP contribution < -0.4 is 0 Å². The summed E-state index contributed by atoms with van der Waals surface area (Å²) in [7, 11) is 0. The maximum absolute atomic E-state index is 12.9. The number of carbonyl (C=O) groups is 3. The van der Waals surface area contributed by atoms with Crippen molar-refractivity contribution in [3.8, 4) is 0 Å². The van der Waals surface area contributed by atoms with Crippen LogP contribution in [0.2, 0.25) is 5.02 Å². The Morgan fingerprint density at radius 3 is 1.92 bits per heavy atom. The quantitative estimate of drug-likeness (QED) is 0.431. The van der Waals surface area contributed by atoms with Gasteiger partial charge in [0.2, 0.25) is 0 Å². The van der Waals surface area contributed by atoms with Gasteiger partial charge in [-0.05, 0) is 48.6 Å². The molecule has 3 aromatic rings. The van der Waals surface area contributed by atoms with Crippen molar-refractivity contribution in [1.29, 1.82) is 0 Å². The van der Waals surface area contributed by atoms with Crippen molar-refractivity contribution in [1.82, 2.24) is 9.80 Å². The molecule has 2 N–H and O–H groups in total. The predicted octanol–water partition coefficient (Wildman–Crippen LogP) is 4.85. The zero-order valence-corrected chi connectivity index (χ0v) is 21.3. The Balaban J connectivity index is 0.000000568. The molecule has 8 heteroatoms. The van der Waals surface area contributed by atoms with Crippen molar-refractivity contribution in [2.75, 3.05) is 19.6 Å². The fourth-order valence-corrected chi connectivity index (χ4v) is 4.55. The molecule has 1 saturated heterocycles. The molecule has 7 nitrogen and oxygen atoms in total. The van der Waals surface area contributed by atoms with Gasteiger partial charge in [0.25, 0.3) is 5.91 Å². The number of hydrogen-bond donors (Lipinski definition) is 2.